The molecule has 0 N–H and O–H groups in total. The predicted molar refractivity (Wildman–Crippen MR) is 77.3 cm³/mol. The number of hydrogen-bond acceptors (Lipinski definition) is 5. The highest BCUT2D eigenvalue weighted by molar-refractivity contribution is 7.09. The molecule has 2 rings (SSSR count). The molecule has 1 aliphatic rings. The van der Waals surface area contributed by atoms with Crippen LogP contribution in [0.4, 0.5) is 0 Å². The first kappa shape index (κ1) is 15.0. The topological polar surface area (TPSA) is 51.7 Å². The molecule has 6 heteroatoms. The molecular formula is C14H20N2O3S. The fourth-order valence-electron chi connectivity index (χ4n) is 1.89. The Morgan fingerprint density at radius 1 is 1.65 bits per heavy atom. The fourth-order valence-corrected chi connectivity index (χ4v) is 2.73. The van der Waals surface area contributed by atoms with E-state index in [9.17, 15) is 4.79 Å². The molecule has 0 bridgehead atoms. The molecule has 0 aromatic carbocycles. The standard InChI is InChI=1S/C14H20N2O3S/c1-10(18-3)13-15-11(9-20-13)8-16(2)14(17)12-6-4-5-7-19-12/h6,9-10H,4-5,7-8H2,1-3H3. The molecule has 2 heterocycles. The van der Waals surface area contributed by atoms with Gasteiger partial charge in [-0.3, -0.25) is 4.79 Å². The lowest BCUT2D eigenvalue weighted by Gasteiger charge is -2.20. The van der Waals surface area contributed by atoms with E-state index in [0.29, 0.717) is 18.9 Å². The molecule has 0 saturated carbocycles. The lowest BCUT2D eigenvalue weighted by atomic mass is 10.2. The predicted octanol–water partition coefficient (Wildman–Crippen LogP) is 2.50. The maximum Gasteiger partial charge on any atom is 0.288 e. The molecule has 0 saturated heterocycles. The summed E-state index contributed by atoms with van der Waals surface area (Å²) in [6.45, 7) is 3.06. The van der Waals surface area contributed by atoms with E-state index in [2.05, 4.69) is 4.98 Å². The second kappa shape index (κ2) is 6.85. The van der Waals surface area contributed by atoms with Crippen molar-refractivity contribution in [2.45, 2.75) is 32.4 Å². The van der Waals surface area contributed by atoms with Gasteiger partial charge in [-0.05, 0) is 25.8 Å². The molecule has 1 aromatic rings. The summed E-state index contributed by atoms with van der Waals surface area (Å²) in [5.41, 5.74) is 0.876. The van der Waals surface area contributed by atoms with Crippen molar-refractivity contribution in [3.05, 3.63) is 27.9 Å². The minimum absolute atomic E-state index is 0.0147. The number of ether oxygens (including phenoxy) is 2. The summed E-state index contributed by atoms with van der Waals surface area (Å²) in [6.07, 6.45) is 3.73. The molecule has 110 valence electrons. The molecule has 0 fully saturated rings. The minimum atomic E-state index is -0.0842. The van der Waals surface area contributed by atoms with Crippen molar-refractivity contribution in [1.82, 2.24) is 9.88 Å². The van der Waals surface area contributed by atoms with Crippen LogP contribution in [0.2, 0.25) is 0 Å². The minimum Gasteiger partial charge on any atom is -0.488 e. The van der Waals surface area contributed by atoms with E-state index in [4.69, 9.17) is 9.47 Å². The second-order valence-corrected chi connectivity index (χ2v) is 5.66. The van der Waals surface area contributed by atoms with Crippen LogP contribution in [0.1, 0.15) is 36.6 Å². The van der Waals surface area contributed by atoms with Gasteiger partial charge in [-0.25, -0.2) is 4.98 Å². The van der Waals surface area contributed by atoms with Gasteiger partial charge in [0.15, 0.2) is 5.76 Å². The van der Waals surface area contributed by atoms with Crippen LogP contribution in [-0.2, 0) is 20.8 Å². The zero-order chi connectivity index (χ0) is 14.5. The molecule has 0 radical (unpaired) electrons. The van der Waals surface area contributed by atoms with Gasteiger partial charge in [0, 0.05) is 19.5 Å². The Balaban J connectivity index is 1.96. The average Bonchev–Trinajstić information content (AvgIpc) is 2.95. The highest BCUT2D eigenvalue weighted by atomic mass is 32.1. The summed E-state index contributed by atoms with van der Waals surface area (Å²) in [4.78, 5) is 18.3. The van der Waals surface area contributed by atoms with Gasteiger partial charge in [0.2, 0.25) is 0 Å². The summed E-state index contributed by atoms with van der Waals surface area (Å²) in [7, 11) is 3.42. The molecule has 1 unspecified atom stereocenters. The molecule has 1 atom stereocenters. The van der Waals surface area contributed by atoms with E-state index >= 15 is 0 Å². The SMILES string of the molecule is COC(C)c1nc(CN(C)C(=O)C2=CCCCO2)cs1. The van der Waals surface area contributed by atoms with Crippen LogP contribution in [0.15, 0.2) is 17.2 Å². The van der Waals surface area contributed by atoms with Crippen LogP contribution < -0.4 is 0 Å². The number of allylic oxidation sites excluding steroid dienone is 1. The number of thiazole rings is 1. The Bertz CT molecular complexity index is 498. The summed E-state index contributed by atoms with van der Waals surface area (Å²) in [6, 6.07) is 0. The van der Waals surface area contributed by atoms with Crippen LogP contribution in [0.25, 0.3) is 0 Å². The molecule has 1 amide bonds. The zero-order valence-corrected chi connectivity index (χ0v) is 12.9. The Hall–Kier alpha value is -1.40. The van der Waals surface area contributed by atoms with E-state index in [1.807, 2.05) is 18.4 Å². The molecule has 0 aliphatic carbocycles. The summed E-state index contributed by atoms with van der Waals surface area (Å²) in [5.74, 6) is 0.374. The highest BCUT2D eigenvalue weighted by Crippen LogP contribution is 2.21. The largest absolute Gasteiger partial charge is 0.488 e. The van der Waals surface area contributed by atoms with Crippen LogP contribution in [-0.4, -0.2) is 36.6 Å². The molecular weight excluding hydrogens is 276 g/mol. The lowest BCUT2D eigenvalue weighted by molar-refractivity contribution is -0.130. The number of hydrogen-bond donors (Lipinski definition) is 0. The van der Waals surface area contributed by atoms with Crippen molar-refractivity contribution in [1.29, 1.82) is 0 Å². The van der Waals surface area contributed by atoms with E-state index in [-0.39, 0.29) is 12.0 Å². The van der Waals surface area contributed by atoms with E-state index in [1.54, 1.807) is 30.4 Å². The Morgan fingerprint density at radius 3 is 3.10 bits per heavy atom. The number of rotatable bonds is 5. The molecule has 0 spiro atoms. The highest BCUT2D eigenvalue weighted by Gasteiger charge is 2.19. The Labute approximate surface area is 123 Å². The number of methoxy groups -OCH3 is 1. The number of aromatic nitrogens is 1. The maximum atomic E-state index is 12.2. The summed E-state index contributed by atoms with van der Waals surface area (Å²) < 4.78 is 10.6. The molecule has 20 heavy (non-hydrogen) atoms. The Kier molecular flexibility index (Phi) is 5.14. The number of nitrogens with zero attached hydrogens (tertiary/aromatic N) is 2. The van der Waals surface area contributed by atoms with Gasteiger partial charge in [0.1, 0.15) is 11.1 Å². The van der Waals surface area contributed by atoms with Crippen LogP contribution in [0.5, 0.6) is 0 Å². The van der Waals surface area contributed by atoms with Crippen molar-refractivity contribution in [3.8, 4) is 0 Å². The first-order chi connectivity index (χ1) is 9.61. The van der Waals surface area contributed by atoms with Crippen molar-refractivity contribution < 1.29 is 14.3 Å². The number of carbonyl (C=O) groups excluding carboxylic acids is 1. The third-order valence-electron chi connectivity index (χ3n) is 3.16. The first-order valence-electron chi connectivity index (χ1n) is 6.67. The summed E-state index contributed by atoms with van der Waals surface area (Å²) >= 11 is 1.55. The number of likely N-dealkylation sites (N-methyl/N-ethyl adjacent to an activating group) is 1. The summed E-state index contributed by atoms with van der Waals surface area (Å²) in [5, 5.41) is 2.89. The monoisotopic (exact) mass is 296 g/mol. The van der Waals surface area contributed by atoms with Gasteiger partial charge in [-0.1, -0.05) is 0 Å². The first-order valence-corrected chi connectivity index (χ1v) is 7.55. The van der Waals surface area contributed by atoms with Gasteiger partial charge in [0.05, 0.1) is 18.8 Å². The molecule has 1 aliphatic heterocycles. The van der Waals surface area contributed by atoms with Crippen molar-refractivity contribution in [2.75, 3.05) is 20.8 Å². The Morgan fingerprint density at radius 2 is 2.45 bits per heavy atom. The number of carbonyl (C=O) groups is 1. The van der Waals surface area contributed by atoms with Gasteiger partial charge >= 0.3 is 0 Å². The van der Waals surface area contributed by atoms with Crippen LogP contribution in [0.3, 0.4) is 0 Å². The van der Waals surface area contributed by atoms with Crippen molar-refractivity contribution in [3.63, 3.8) is 0 Å². The van der Waals surface area contributed by atoms with Crippen LogP contribution in [0, 0.1) is 0 Å². The van der Waals surface area contributed by atoms with Gasteiger partial charge < -0.3 is 14.4 Å². The average molecular weight is 296 g/mol. The van der Waals surface area contributed by atoms with E-state index in [0.717, 1.165) is 23.5 Å². The maximum absolute atomic E-state index is 12.2. The van der Waals surface area contributed by atoms with Gasteiger partial charge in [-0.15, -0.1) is 11.3 Å². The number of amides is 1. The normalized spacial score (nSPS) is 16.2. The van der Waals surface area contributed by atoms with Gasteiger partial charge in [0.25, 0.3) is 5.91 Å². The molecule has 1 aromatic heterocycles. The van der Waals surface area contributed by atoms with Crippen LogP contribution >= 0.6 is 11.3 Å². The van der Waals surface area contributed by atoms with Crippen molar-refractivity contribution >= 4 is 17.2 Å². The van der Waals surface area contributed by atoms with E-state index < -0.39 is 0 Å². The zero-order valence-electron chi connectivity index (χ0n) is 12.1. The quantitative estimate of drug-likeness (QED) is 0.837. The molecule has 5 nitrogen and oxygen atoms in total. The van der Waals surface area contributed by atoms with Crippen molar-refractivity contribution in [2.24, 2.45) is 0 Å². The smallest absolute Gasteiger partial charge is 0.288 e. The lowest BCUT2D eigenvalue weighted by Crippen LogP contribution is -2.29. The second-order valence-electron chi connectivity index (χ2n) is 4.78. The third kappa shape index (κ3) is 3.58. The fraction of sp³-hybridized carbons (Fsp3) is 0.571. The third-order valence-corrected chi connectivity index (χ3v) is 4.22. The van der Waals surface area contributed by atoms with Gasteiger partial charge in [-0.2, -0.15) is 0 Å². The van der Waals surface area contributed by atoms with E-state index in [1.165, 1.54) is 0 Å².